The molecular weight excluding hydrogens is 388 g/mol. The van der Waals surface area contributed by atoms with Gasteiger partial charge in [-0.15, -0.1) is 0 Å². The average Bonchev–Trinajstić information content (AvgIpc) is 3.21. The van der Waals surface area contributed by atoms with E-state index in [1.165, 1.54) is 50.7 Å². The van der Waals surface area contributed by atoms with E-state index in [1.54, 1.807) is 0 Å². The van der Waals surface area contributed by atoms with Gasteiger partial charge >= 0.3 is 0 Å². The maximum Gasteiger partial charge on any atom is 0.235 e. The second kappa shape index (κ2) is 6.66. The largest absolute Gasteiger partial charge is 0.318 e. The molecule has 4 aromatic carbocycles. The molecule has 1 unspecified atom stereocenters. The van der Waals surface area contributed by atoms with Gasteiger partial charge in [0, 0.05) is 29.8 Å². The van der Waals surface area contributed by atoms with Crippen molar-refractivity contribution in [3.05, 3.63) is 127 Å². The third kappa shape index (κ3) is 2.38. The van der Waals surface area contributed by atoms with Crippen molar-refractivity contribution in [3.8, 4) is 11.1 Å². The second-order valence-corrected chi connectivity index (χ2v) is 8.43. The summed E-state index contributed by atoms with van der Waals surface area (Å²) in [5, 5.41) is 0. The van der Waals surface area contributed by atoms with Gasteiger partial charge in [-0.25, -0.2) is 0 Å². The minimum absolute atomic E-state index is 0.195. The Kier molecular flexibility index (Phi) is 3.65. The van der Waals surface area contributed by atoms with Gasteiger partial charge in [-0.3, -0.25) is 0 Å². The summed E-state index contributed by atoms with van der Waals surface area (Å²) in [5.74, 6) is 0. The van der Waals surface area contributed by atoms with E-state index < -0.39 is 0 Å². The van der Waals surface area contributed by atoms with E-state index in [0.29, 0.717) is 0 Å². The number of anilines is 2. The molecule has 2 nitrogen and oxygen atoms in total. The molecule has 150 valence electrons. The highest BCUT2D eigenvalue weighted by molar-refractivity contribution is 6.21. The first-order valence-electron chi connectivity index (χ1n) is 11.1. The first-order chi connectivity index (χ1) is 15.9. The lowest BCUT2D eigenvalue weighted by Gasteiger charge is -2.32. The predicted octanol–water partition coefficient (Wildman–Crippen LogP) is 7.12. The lowest BCUT2D eigenvalue weighted by molar-refractivity contribution is 0.931. The molecule has 32 heavy (non-hydrogen) atoms. The number of benzene rings is 4. The molecule has 2 heteroatoms. The molecule has 0 radical (unpaired) electrons. The first kappa shape index (κ1) is 17.5. The predicted molar refractivity (Wildman–Crippen MR) is 134 cm³/mol. The summed E-state index contributed by atoms with van der Waals surface area (Å²) < 4.78 is 2.43. The Labute approximate surface area is 187 Å². The number of para-hydroxylation sites is 3. The molecule has 1 aliphatic carbocycles. The van der Waals surface area contributed by atoms with Crippen molar-refractivity contribution in [2.45, 2.75) is 6.04 Å². The Morgan fingerprint density at radius 2 is 1.31 bits per heavy atom. The minimum Gasteiger partial charge on any atom is -0.318 e. The smallest absolute Gasteiger partial charge is 0.235 e. The highest BCUT2D eigenvalue weighted by Gasteiger charge is 2.47. The van der Waals surface area contributed by atoms with Crippen LogP contribution in [0.2, 0.25) is 0 Å². The highest BCUT2D eigenvalue weighted by Crippen LogP contribution is 2.51. The maximum atomic E-state index is 2.50. The lowest BCUT2D eigenvalue weighted by Crippen LogP contribution is -2.43. The third-order valence-electron chi connectivity index (χ3n) is 6.72. The Morgan fingerprint density at radius 3 is 2.16 bits per heavy atom. The maximum absolute atomic E-state index is 2.50. The number of hydrogen-bond acceptors (Lipinski definition) is 1. The minimum atomic E-state index is 0.195. The summed E-state index contributed by atoms with van der Waals surface area (Å²) in [6, 6.07) is 37.2. The summed E-state index contributed by atoms with van der Waals surface area (Å²) in [4.78, 5) is 2.50. The molecule has 2 heterocycles. The van der Waals surface area contributed by atoms with Gasteiger partial charge in [-0.05, 0) is 41.0 Å². The van der Waals surface area contributed by atoms with Crippen LogP contribution in [0.5, 0.6) is 0 Å². The lowest BCUT2D eigenvalue weighted by atomic mass is 9.92. The van der Waals surface area contributed by atoms with Crippen molar-refractivity contribution in [1.29, 1.82) is 0 Å². The van der Waals surface area contributed by atoms with Crippen LogP contribution < -0.4 is 9.48 Å². The van der Waals surface area contributed by atoms with E-state index in [1.807, 2.05) is 0 Å². The number of fused-ring (bicyclic) bond motifs is 5. The molecule has 0 amide bonds. The third-order valence-corrected chi connectivity index (χ3v) is 6.72. The molecule has 3 aliphatic rings. The molecule has 0 spiro atoms. The molecular formula is C30H21N2+. The zero-order valence-electron chi connectivity index (χ0n) is 17.5. The fourth-order valence-electron chi connectivity index (χ4n) is 5.35. The van der Waals surface area contributed by atoms with Crippen LogP contribution in [0.3, 0.4) is 0 Å². The van der Waals surface area contributed by atoms with E-state index in [4.69, 9.17) is 0 Å². The van der Waals surface area contributed by atoms with Crippen LogP contribution in [-0.4, -0.2) is 11.8 Å². The fourth-order valence-corrected chi connectivity index (χ4v) is 5.35. The summed E-state index contributed by atoms with van der Waals surface area (Å²) in [7, 11) is 0. The molecule has 7 rings (SSSR count). The molecule has 4 aromatic rings. The van der Waals surface area contributed by atoms with Crippen LogP contribution >= 0.6 is 0 Å². The van der Waals surface area contributed by atoms with Gasteiger partial charge in [0.05, 0.1) is 5.69 Å². The van der Waals surface area contributed by atoms with Gasteiger partial charge in [0.2, 0.25) is 17.1 Å². The van der Waals surface area contributed by atoms with E-state index in [-0.39, 0.29) is 6.04 Å². The van der Waals surface area contributed by atoms with Crippen LogP contribution in [0.4, 0.5) is 22.7 Å². The van der Waals surface area contributed by atoms with Crippen molar-refractivity contribution in [2.75, 3.05) is 4.90 Å². The summed E-state index contributed by atoms with van der Waals surface area (Å²) in [6.07, 6.45) is 6.74. The monoisotopic (exact) mass is 409 g/mol. The highest BCUT2D eigenvalue weighted by atomic mass is 15.3. The Balaban J connectivity index is 1.45. The van der Waals surface area contributed by atoms with Crippen LogP contribution in [-0.2, 0) is 0 Å². The van der Waals surface area contributed by atoms with Gasteiger partial charge < -0.3 is 4.90 Å². The van der Waals surface area contributed by atoms with Crippen LogP contribution in [0.15, 0.2) is 121 Å². The van der Waals surface area contributed by atoms with Crippen LogP contribution in [0, 0.1) is 0 Å². The van der Waals surface area contributed by atoms with Crippen molar-refractivity contribution < 1.29 is 0 Å². The van der Waals surface area contributed by atoms with E-state index in [0.717, 1.165) is 0 Å². The van der Waals surface area contributed by atoms with Gasteiger partial charge in [-0.2, -0.15) is 4.58 Å². The Morgan fingerprint density at radius 1 is 0.625 bits per heavy atom. The van der Waals surface area contributed by atoms with Crippen molar-refractivity contribution in [2.24, 2.45) is 0 Å². The topological polar surface area (TPSA) is 6.25 Å². The first-order valence-corrected chi connectivity index (χ1v) is 11.1. The van der Waals surface area contributed by atoms with E-state index >= 15 is 0 Å². The van der Waals surface area contributed by atoms with E-state index in [9.17, 15) is 0 Å². The standard InChI is InChI=1S/C30H21N2/c1-2-9-21(10-3-1)22-17-19-23(20-18-22)31-27-14-6-7-15-28(27)32-26-13-5-4-11-24(26)25-12-8-16-29(31)30(25)32/h1-20,30H/q+1. The van der Waals surface area contributed by atoms with Crippen LogP contribution in [0.1, 0.15) is 5.56 Å². The van der Waals surface area contributed by atoms with Gasteiger partial charge in [0.15, 0.2) is 0 Å². The van der Waals surface area contributed by atoms with Gasteiger partial charge in [0.25, 0.3) is 0 Å². The number of hydrogen-bond donors (Lipinski definition) is 0. The van der Waals surface area contributed by atoms with Crippen molar-refractivity contribution in [1.82, 2.24) is 4.58 Å². The number of rotatable bonds is 2. The second-order valence-electron chi connectivity index (χ2n) is 8.43. The van der Waals surface area contributed by atoms with Gasteiger partial charge in [-0.1, -0.05) is 72.8 Å². The molecule has 0 aromatic heterocycles. The molecule has 0 saturated heterocycles. The van der Waals surface area contributed by atoms with Crippen molar-refractivity contribution in [3.63, 3.8) is 0 Å². The number of allylic oxidation sites excluding steroid dienone is 2. The number of nitrogens with zero attached hydrogens (tertiary/aromatic N) is 2. The van der Waals surface area contributed by atoms with Crippen LogP contribution in [0.25, 0.3) is 16.7 Å². The normalized spacial score (nSPS) is 17.6. The molecule has 0 fully saturated rings. The summed E-state index contributed by atoms with van der Waals surface area (Å²) >= 11 is 0. The molecule has 0 bridgehead atoms. The zero-order chi connectivity index (χ0) is 21.1. The fraction of sp³-hybridized carbons (Fsp3) is 0.0333. The van der Waals surface area contributed by atoms with E-state index in [2.05, 4.69) is 131 Å². The van der Waals surface area contributed by atoms with Crippen molar-refractivity contribution >= 4 is 34.0 Å². The Hall–Kier alpha value is -4.17. The SMILES string of the molecule is C1=CC2=[N+](c3ccc(-c4ccccc4)cc3)c3ccccc3N3c4ccccc4C(=C1)C23. The molecule has 2 aliphatic heterocycles. The molecule has 0 N–H and O–H groups in total. The summed E-state index contributed by atoms with van der Waals surface area (Å²) in [6.45, 7) is 0. The van der Waals surface area contributed by atoms with Gasteiger partial charge in [0.1, 0.15) is 11.7 Å². The molecule has 0 saturated carbocycles. The average molecular weight is 410 g/mol. The molecule has 1 atom stereocenters. The zero-order valence-corrected chi connectivity index (χ0v) is 17.5. The quantitative estimate of drug-likeness (QED) is 0.320. The Bertz CT molecular complexity index is 1460. The summed E-state index contributed by atoms with van der Waals surface area (Å²) in [5.41, 5.74) is 11.4.